The van der Waals surface area contributed by atoms with E-state index >= 15 is 0 Å². The Hall–Kier alpha value is -3.12. The Kier molecular flexibility index (Phi) is 4.12. The summed E-state index contributed by atoms with van der Waals surface area (Å²) in [6.07, 6.45) is 0. The van der Waals surface area contributed by atoms with Gasteiger partial charge in [0.15, 0.2) is 0 Å². The molecule has 1 aromatic heterocycles. The highest BCUT2D eigenvalue weighted by Crippen LogP contribution is 2.21. The summed E-state index contributed by atoms with van der Waals surface area (Å²) in [5, 5.41) is 12.5. The summed E-state index contributed by atoms with van der Waals surface area (Å²) in [5.41, 5.74) is 3.60. The van der Waals surface area contributed by atoms with E-state index in [1.54, 1.807) is 0 Å². The van der Waals surface area contributed by atoms with Crippen molar-refractivity contribution in [3.8, 4) is 17.3 Å². The second kappa shape index (κ2) is 6.55. The highest BCUT2D eigenvalue weighted by atomic mass is 15.0. The minimum Gasteiger partial charge on any atom is -0.365 e. The Morgan fingerprint density at radius 3 is 2.23 bits per heavy atom. The van der Waals surface area contributed by atoms with Gasteiger partial charge in [0.2, 0.25) is 0 Å². The van der Waals surface area contributed by atoms with Gasteiger partial charge in [0.25, 0.3) is 0 Å². The van der Waals surface area contributed by atoms with Crippen molar-refractivity contribution in [3.63, 3.8) is 0 Å². The summed E-state index contributed by atoms with van der Waals surface area (Å²) in [5.74, 6) is 0.618. The second-order valence-corrected chi connectivity index (χ2v) is 4.91. The van der Waals surface area contributed by atoms with Crippen LogP contribution < -0.4 is 5.32 Å². The molecule has 0 unspecified atom stereocenters. The van der Waals surface area contributed by atoms with Crippen LogP contribution in [0.5, 0.6) is 0 Å². The van der Waals surface area contributed by atoms with Crippen LogP contribution in [-0.2, 0) is 6.54 Å². The van der Waals surface area contributed by atoms with Crippen LogP contribution in [0.1, 0.15) is 11.1 Å². The van der Waals surface area contributed by atoms with Crippen LogP contribution in [0.4, 0.5) is 5.82 Å². The molecule has 0 spiro atoms. The van der Waals surface area contributed by atoms with Crippen molar-refractivity contribution in [1.82, 2.24) is 4.98 Å². The second-order valence-electron chi connectivity index (χ2n) is 4.91. The number of nitriles is 1. The molecule has 1 N–H and O–H groups in total. The number of aromatic nitrogens is 1. The van der Waals surface area contributed by atoms with E-state index in [9.17, 15) is 5.26 Å². The molecule has 106 valence electrons. The Morgan fingerprint density at radius 2 is 1.55 bits per heavy atom. The molecule has 2 aromatic carbocycles. The highest BCUT2D eigenvalue weighted by Gasteiger charge is 2.06. The normalized spacial score (nSPS) is 9.95. The first-order chi connectivity index (χ1) is 10.9. The predicted molar refractivity (Wildman–Crippen MR) is 88.2 cm³/mol. The van der Waals surface area contributed by atoms with Crippen LogP contribution in [0.25, 0.3) is 11.3 Å². The van der Waals surface area contributed by atoms with E-state index in [1.165, 1.54) is 0 Å². The van der Waals surface area contributed by atoms with Crippen molar-refractivity contribution in [3.05, 3.63) is 83.9 Å². The third-order valence-corrected chi connectivity index (χ3v) is 3.39. The zero-order valence-electron chi connectivity index (χ0n) is 12.0. The van der Waals surface area contributed by atoms with E-state index in [2.05, 4.69) is 16.4 Å². The summed E-state index contributed by atoms with van der Waals surface area (Å²) >= 11 is 0. The largest absolute Gasteiger partial charge is 0.365 e. The van der Waals surface area contributed by atoms with Crippen molar-refractivity contribution in [2.75, 3.05) is 5.32 Å². The predicted octanol–water partition coefficient (Wildman–Crippen LogP) is 4.23. The van der Waals surface area contributed by atoms with Gasteiger partial charge in [-0.25, -0.2) is 4.98 Å². The van der Waals surface area contributed by atoms with Gasteiger partial charge in [-0.05, 0) is 17.7 Å². The van der Waals surface area contributed by atoms with Gasteiger partial charge < -0.3 is 5.32 Å². The SMILES string of the molecule is N#Cc1ccc(-c2ccccc2)nc1NCc1ccccc1. The highest BCUT2D eigenvalue weighted by molar-refractivity contribution is 5.64. The molecule has 0 aliphatic carbocycles. The standard InChI is InChI=1S/C19H15N3/c20-13-17-11-12-18(16-9-5-2-6-10-16)22-19(17)21-14-15-7-3-1-4-8-15/h1-12H,14H2,(H,21,22). The molecule has 0 atom stereocenters. The number of hydrogen-bond donors (Lipinski definition) is 1. The van der Waals surface area contributed by atoms with Crippen LogP contribution in [0, 0.1) is 11.3 Å². The van der Waals surface area contributed by atoms with Gasteiger partial charge in [0.05, 0.1) is 11.3 Å². The lowest BCUT2D eigenvalue weighted by Gasteiger charge is -2.09. The van der Waals surface area contributed by atoms with E-state index in [-0.39, 0.29) is 0 Å². The lowest BCUT2D eigenvalue weighted by Crippen LogP contribution is -2.04. The molecule has 3 rings (SSSR count). The van der Waals surface area contributed by atoms with Gasteiger partial charge in [-0.2, -0.15) is 5.26 Å². The number of anilines is 1. The molecular weight excluding hydrogens is 270 g/mol. The van der Waals surface area contributed by atoms with E-state index in [1.807, 2.05) is 72.8 Å². The van der Waals surface area contributed by atoms with Crippen molar-refractivity contribution in [1.29, 1.82) is 5.26 Å². The van der Waals surface area contributed by atoms with Crippen LogP contribution >= 0.6 is 0 Å². The van der Waals surface area contributed by atoms with Crippen molar-refractivity contribution < 1.29 is 0 Å². The number of nitrogens with one attached hydrogen (secondary N) is 1. The van der Waals surface area contributed by atoms with E-state index < -0.39 is 0 Å². The van der Waals surface area contributed by atoms with Gasteiger partial charge in [0.1, 0.15) is 11.9 Å². The minimum atomic E-state index is 0.551. The molecule has 0 aliphatic rings. The smallest absolute Gasteiger partial charge is 0.144 e. The number of rotatable bonds is 4. The molecule has 0 fully saturated rings. The van der Waals surface area contributed by atoms with Crippen molar-refractivity contribution in [2.45, 2.75) is 6.54 Å². The number of nitrogens with zero attached hydrogens (tertiary/aromatic N) is 2. The van der Waals surface area contributed by atoms with Gasteiger partial charge in [-0.15, -0.1) is 0 Å². The lowest BCUT2D eigenvalue weighted by molar-refractivity contribution is 1.11. The first-order valence-corrected chi connectivity index (χ1v) is 7.11. The molecule has 3 nitrogen and oxygen atoms in total. The van der Waals surface area contributed by atoms with Crippen molar-refractivity contribution in [2.24, 2.45) is 0 Å². The molecule has 0 saturated heterocycles. The quantitative estimate of drug-likeness (QED) is 0.780. The molecule has 3 heteroatoms. The summed E-state index contributed by atoms with van der Waals surface area (Å²) in [4.78, 5) is 4.60. The molecule has 1 heterocycles. The summed E-state index contributed by atoms with van der Waals surface area (Å²) in [6.45, 7) is 0.640. The molecule has 0 amide bonds. The van der Waals surface area contributed by atoms with Crippen LogP contribution in [0.15, 0.2) is 72.8 Å². The monoisotopic (exact) mass is 285 g/mol. The fourth-order valence-electron chi connectivity index (χ4n) is 2.24. The maximum absolute atomic E-state index is 9.25. The Bertz CT molecular complexity index is 790. The van der Waals surface area contributed by atoms with Gasteiger partial charge in [-0.3, -0.25) is 0 Å². The summed E-state index contributed by atoms with van der Waals surface area (Å²) < 4.78 is 0. The molecule has 22 heavy (non-hydrogen) atoms. The molecule has 0 bridgehead atoms. The summed E-state index contributed by atoms with van der Waals surface area (Å²) in [6, 6.07) is 25.9. The summed E-state index contributed by atoms with van der Waals surface area (Å²) in [7, 11) is 0. The first kappa shape index (κ1) is 13.8. The maximum atomic E-state index is 9.25. The van der Waals surface area contributed by atoms with Crippen LogP contribution in [0.3, 0.4) is 0 Å². The maximum Gasteiger partial charge on any atom is 0.144 e. The molecular formula is C19H15N3. The molecule has 0 saturated carbocycles. The Balaban J connectivity index is 1.87. The van der Waals surface area contributed by atoms with Gasteiger partial charge in [0, 0.05) is 12.1 Å². The van der Waals surface area contributed by atoms with E-state index in [4.69, 9.17) is 0 Å². The molecule has 3 aromatic rings. The van der Waals surface area contributed by atoms with Crippen LogP contribution in [0.2, 0.25) is 0 Å². The Morgan fingerprint density at radius 1 is 0.864 bits per heavy atom. The fraction of sp³-hybridized carbons (Fsp3) is 0.0526. The van der Waals surface area contributed by atoms with Gasteiger partial charge >= 0.3 is 0 Å². The van der Waals surface area contributed by atoms with Gasteiger partial charge in [-0.1, -0.05) is 60.7 Å². The number of hydrogen-bond acceptors (Lipinski definition) is 3. The zero-order chi connectivity index (χ0) is 15.2. The topological polar surface area (TPSA) is 48.7 Å². The average molecular weight is 285 g/mol. The third-order valence-electron chi connectivity index (χ3n) is 3.39. The fourth-order valence-corrected chi connectivity index (χ4v) is 2.24. The molecule has 0 radical (unpaired) electrons. The number of pyridine rings is 1. The number of benzene rings is 2. The molecule has 0 aliphatic heterocycles. The van der Waals surface area contributed by atoms with E-state index in [0.717, 1.165) is 16.8 Å². The Labute approximate surface area is 129 Å². The average Bonchev–Trinajstić information content (AvgIpc) is 2.61. The van der Waals surface area contributed by atoms with Crippen molar-refractivity contribution >= 4 is 5.82 Å². The first-order valence-electron chi connectivity index (χ1n) is 7.11. The third kappa shape index (κ3) is 3.13. The van der Waals surface area contributed by atoms with E-state index in [0.29, 0.717) is 17.9 Å². The zero-order valence-corrected chi connectivity index (χ0v) is 12.0. The lowest BCUT2D eigenvalue weighted by atomic mass is 10.1. The minimum absolute atomic E-state index is 0.551. The van der Waals surface area contributed by atoms with Crippen LogP contribution in [-0.4, -0.2) is 4.98 Å².